The van der Waals surface area contributed by atoms with Gasteiger partial charge >= 0.3 is 0 Å². The minimum absolute atomic E-state index is 0.208. The summed E-state index contributed by atoms with van der Waals surface area (Å²) in [5, 5.41) is 8.72. The van der Waals surface area contributed by atoms with E-state index >= 15 is 0 Å². The topological polar surface area (TPSA) is 78.4 Å². The summed E-state index contributed by atoms with van der Waals surface area (Å²) in [6, 6.07) is 21.7. The lowest BCUT2D eigenvalue weighted by atomic mass is 9.99. The van der Waals surface area contributed by atoms with Crippen LogP contribution in [0.4, 0.5) is 0 Å². The second-order valence-electron chi connectivity index (χ2n) is 6.48. The van der Waals surface area contributed by atoms with Crippen LogP contribution >= 0.6 is 11.8 Å². The molecule has 0 fully saturated rings. The van der Waals surface area contributed by atoms with Gasteiger partial charge in [-0.15, -0.1) is 5.10 Å². The molecule has 0 unspecified atom stereocenters. The molecule has 0 atom stereocenters. The van der Waals surface area contributed by atoms with Crippen LogP contribution in [0.3, 0.4) is 0 Å². The molecule has 30 heavy (non-hydrogen) atoms. The Morgan fingerprint density at radius 3 is 2.53 bits per heavy atom. The molecule has 0 saturated carbocycles. The molecular formula is C23H21N3O3S. The van der Waals surface area contributed by atoms with Gasteiger partial charge in [0.1, 0.15) is 5.75 Å². The van der Waals surface area contributed by atoms with Crippen molar-refractivity contribution < 1.29 is 14.2 Å². The predicted octanol–water partition coefficient (Wildman–Crippen LogP) is 4.67. The highest BCUT2D eigenvalue weighted by atomic mass is 32.2. The van der Waals surface area contributed by atoms with Crippen molar-refractivity contribution in [1.29, 1.82) is 0 Å². The molecular weight excluding hydrogens is 398 g/mol. The van der Waals surface area contributed by atoms with E-state index in [0.29, 0.717) is 16.7 Å². The van der Waals surface area contributed by atoms with Gasteiger partial charge < -0.3 is 19.9 Å². The second kappa shape index (κ2) is 9.37. The van der Waals surface area contributed by atoms with Gasteiger partial charge in [-0.1, -0.05) is 54.2 Å². The van der Waals surface area contributed by atoms with Crippen LogP contribution in [0.1, 0.15) is 11.1 Å². The molecule has 1 aliphatic rings. The fraction of sp³-hybridized carbons (Fsp3) is 0.130. The zero-order chi connectivity index (χ0) is 20.8. The summed E-state index contributed by atoms with van der Waals surface area (Å²) in [4.78, 5) is 0. The molecule has 0 aliphatic carbocycles. The number of hydrogen-bond donors (Lipinski definition) is 1. The van der Waals surface area contributed by atoms with Crippen LogP contribution in [0.15, 0.2) is 76.9 Å². The van der Waals surface area contributed by atoms with Gasteiger partial charge in [0, 0.05) is 11.3 Å². The summed E-state index contributed by atoms with van der Waals surface area (Å²) in [6.07, 6.45) is 1.68. The first-order valence-corrected chi connectivity index (χ1v) is 10.3. The van der Waals surface area contributed by atoms with E-state index in [9.17, 15) is 0 Å². The summed E-state index contributed by atoms with van der Waals surface area (Å²) >= 11 is 1.44. The van der Waals surface area contributed by atoms with Gasteiger partial charge in [-0.25, -0.2) is 0 Å². The number of fused-ring (bicyclic) bond motifs is 1. The van der Waals surface area contributed by atoms with Gasteiger partial charge in [-0.05, 0) is 41.0 Å². The van der Waals surface area contributed by atoms with E-state index in [4.69, 9.17) is 19.9 Å². The number of benzene rings is 3. The number of nitrogens with two attached hydrogens (primary N) is 1. The number of amidine groups is 1. The van der Waals surface area contributed by atoms with Crippen LogP contribution in [0, 0.1) is 0 Å². The van der Waals surface area contributed by atoms with Gasteiger partial charge in [-0.2, -0.15) is 5.10 Å². The van der Waals surface area contributed by atoms with Crippen molar-refractivity contribution in [1.82, 2.24) is 0 Å². The summed E-state index contributed by atoms with van der Waals surface area (Å²) in [7, 11) is 1.64. The molecule has 6 nitrogen and oxygen atoms in total. The highest BCUT2D eigenvalue weighted by Gasteiger charge is 2.17. The number of rotatable bonds is 6. The smallest absolute Gasteiger partial charge is 0.231 e. The molecule has 0 radical (unpaired) electrons. The molecule has 0 aromatic heterocycles. The highest BCUT2D eigenvalue weighted by Crippen LogP contribution is 2.38. The lowest BCUT2D eigenvalue weighted by Gasteiger charge is -2.09. The molecule has 0 saturated heterocycles. The molecule has 1 heterocycles. The Morgan fingerprint density at radius 1 is 1.07 bits per heavy atom. The summed E-state index contributed by atoms with van der Waals surface area (Å²) in [5.74, 6) is 2.93. The molecule has 0 amide bonds. The number of methoxy groups -OCH3 is 1. The Morgan fingerprint density at radius 2 is 1.80 bits per heavy atom. The molecule has 3 aromatic rings. The van der Waals surface area contributed by atoms with Crippen molar-refractivity contribution in [3.63, 3.8) is 0 Å². The van der Waals surface area contributed by atoms with Gasteiger partial charge in [0.25, 0.3) is 0 Å². The molecule has 4 rings (SSSR count). The fourth-order valence-electron chi connectivity index (χ4n) is 2.99. The van der Waals surface area contributed by atoms with Crippen molar-refractivity contribution in [3.8, 4) is 28.4 Å². The Labute approximate surface area is 179 Å². The zero-order valence-electron chi connectivity index (χ0n) is 16.4. The minimum atomic E-state index is 0.208. The molecule has 7 heteroatoms. The average molecular weight is 420 g/mol. The fourth-order valence-corrected chi connectivity index (χ4v) is 3.61. The van der Waals surface area contributed by atoms with E-state index in [1.807, 2.05) is 54.6 Å². The lowest BCUT2D eigenvalue weighted by molar-refractivity contribution is 0.174. The maximum Gasteiger partial charge on any atom is 0.231 e. The minimum Gasteiger partial charge on any atom is -0.497 e. The van der Waals surface area contributed by atoms with Gasteiger partial charge in [0.15, 0.2) is 16.7 Å². The Kier molecular flexibility index (Phi) is 6.20. The lowest BCUT2D eigenvalue weighted by Crippen LogP contribution is -2.06. The van der Waals surface area contributed by atoms with E-state index in [1.165, 1.54) is 17.3 Å². The molecule has 152 valence electrons. The highest BCUT2D eigenvalue weighted by molar-refractivity contribution is 8.13. The van der Waals surface area contributed by atoms with Crippen LogP contribution in [0.2, 0.25) is 0 Å². The molecule has 3 aromatic carbocycles. The summed E-state index contributed by atoms with van der Waals surface area (Å²) in [5.41, 5.74) is 10.00. The zero-order valence-corrected chi connectivity index (χ0v) is 17.3. The number of thioether (sulfide) groups is 1. The Hall–Kier alpha value is -3.45. The number of nitrogens with zero attached hydrogens (tertiary/aromatic N) is 2. The van der Waals surface area contributed by atoms with E-state index < -0.39 is 0 Å². The van der Waals surface area contributed by atoms with E-state index in [0.717, 1.165) is 28.2 Å². The van der Waals surface area contributed by atoms with Crippen LogP contribution in [0.5, 0.6) is 17.2 Å². The van der Waals surface area contributed by atoms with Crippen LogP contribution in [0.25, 0.3) is 11.1 Å². The first-order chi connectivity index (χ1) is 14.7. The third-order valence-electron chi connectivity index (χ3n) is 4.53. The SMILES string of the molecule is COc1ccc(-c2cc3c(cc2C=NN=C(N)SCc2ccccc2)OCO3)cc1. The quantitative estimate of drug-likeness (QED) is 0.357. The molecule has 0 spiro atoms. The monoisotopic (exact) mass is 419 g/mol. The van der Waals surface area contributed by atoms with Crippen molar-refractivity contribution in [2.75, 3.05) is 13.9 Å². The second-order valence-corrected chi connectivity index (χ2v) is 7.47. The van der Waals surface area contributed by atoms with Crippen molar-refractivity contribution in [2.24, 2.45) is 15.9 Å². The van der Waals surface area contributed by atoms with Gasteiger partial charge in [0.2, 0.25) is 6.79 Å². The third kappa shape index (κ3) is 4.75. The normalized spacial score (nSPS) is 13.0. The predicted molar refractivity (Wildman–Crippen MR) is 122 cm³/mol. The summed E-state index contributed by atoms with van der Waals surface area (Å²) < 4.78 is 16.3. The van der Waals surface area contributed by atoms with Crippen LogP contribution in [-0.4, -0.2) is 25.3 Å². The largest absolute Gasteiger partial charge is 0.497 e. The molecule has 2 N–H and O–H groups in total. The average Bonchev–Trinajstić information content (AvgIpc) is 3.25. The van der Waals surface area contributed by atoms with Crippen LogP contribution < -0.4 is 19.9 Å². The van der Waals surface area contributed by atoms with Gasteiger partial charge in [-0.3, -0.25) is 0 Å². The first kappa shape index (κ1) is 19.8. The Bertz CT molecular complexity index is 1070. The van der Waals surface area contributed by atoms with Crippen molar-refractivity contribution >= 4 is 23.1 Å². The standard InChI is InChI=1S/C23H21N3O3S/c1-27-19-9-7-17(8-10-19)20-12-22-21(28-15-29-22)11-18(20)13-25-26-23(24)30-14-16-5-3-2-4-6-16/h2-13H,14-15H2,1H3,(H2,24,26). The van der Waals surface area contributed by atoms with Crippen LogP contribution in [-0.2, 0) is 5.75 Å². The van der Waals surface area contributed by atoms with E-state index in [-0.39, 0.29) is 6.79 Å². The maximum absolute atomic E-state index is 6.00. The maximum atomic E-state index is 6.00. The first-order valence-electron chi connectivity index (χ1n) is 9.34. The third-order valence-corrected chi connectivity index (χ3v) is 5.38. The molecule has 0 bridgehead atoms. The van der Waals surface area contributed by atoms with Gasteiger partial charge in [0.05, 0.1) is 13.3 Å². The molecule has 1 aliphatic heterocycles. The van der Waals surface area contributed by atoms with E-state index in [1.54, 1.807) is 13.3 Å². The van der Waals surface area contributed by atoms with Crippen molar-refractivity contribution in [3.05, 3.63) is 77.9 Å². The number of hydrogen-bond acceptors (Lipinski definition) is 6. The van der Waals surface area contributed by atoms with Crippen molar-refractivity contribution in [2.45, 2.75) is 5.75 Å². The Balaban J connectivity index is 1.55. The van der Waals surface area contributed by atoms with E-state index in [2.05, 4.69) is 22.3 Å². The summed E-state index contributed by atoms with van der Waals surface area (Å²) in [6.45, 7) is 0.208. The number of ether oxygens (including phenoxy) is 3.